The van der Waals surface area contributed by atoms with Crippen LogP contribution in [0, 0.1) is 6.92 Å². The smallest absolute Gasteiger partial charge is 0.234 e. The number of carbonyl (C=O) groups is 1. The minimum atomic E-state index is -0.287. The quantitative estimate of drug-likeness (QED) is 0.494. The second-order valence-electron chi connectivity index (χ2n) is 6.44. The van der Waals surface area contributed by atoms with Gasteiger partial charge < -0.3 is 14.6 Å². The minimum absolute atomic E-state index is 0.165. The van der Waals surface area contributed by atoms with Gasteiger partial charge in [-0.1, -0.05) is 47.1 Å². The van der Waals surface area contributed by atoms with Crippen molar-refractivity contribution in [1.82, 2.24) is 14.8 Å². The Morgan fingerprint density at radius 2 is 2.03 bits per heavy atom. The van der Waals surface area contributed by atoms with Crippen LogP contribution in [0.1, 0.15) is 24.4 Å². The topological polar surface area (TPSA) is 69.0 Å². The van der Waals surface area contributed by atoms with Gasteiger partial charge in [0.1, 0.15) is 5.75 Å². The van der Waals surface area contributed by atoms with Crippen molar-refractivity contribution in [2.24, 2.45) is 7.05 Å². The van der Waals surface area contributed by atoms with Gasteiger partial charge in [0.05, 0.1) is 16.5 Å². The number of hydrogen-bond acceptors (Lipinski definition) is 5. The molecule has 3 aromatic rings. The van der Waals surface area contributed by atoms with E-state index in [1.54, 1.807) is 18.2 Å². The molecule has 3 rings (SSSR count). The molecule has 0 fully saturated rings. The van der Waals surface area contributed by atoms with E-state index >= 15 is 0 Å². The van der Waals surface area contributed by atoms with Gasteiger partial charge in [0, 0.05) is 12.1 Å². The van der Waals surface area contributed by atoms with E-state index < -0.39 is 0 Å². The highest BCUT2D eigenvalue weighted by atomic mass is 35.5. The summed E-state index contributed by atoms with van der Waals surface area (Å²) in [5.41, 5.74) is 1.64. The average molecular weight is 451 g/mol. The fourth-order valence-corrected chi connectivity index (χ4v) is 3.83. The number of aryl methyl sites for hydroxylation is 1. The van der Waals surface area contributed by atoms with Crippen LogP contribution in [0.15, 0.2) is 47.6 Å². The van der Waals surface area contributed by atoms with Gasteiger partial charge in [-0.05, 0) is 49.7 Å². The fourth-order valence-electron chi connectivity index (χ4n) is 2.66. The lowest BCUT2D eigenvalue weighted by Gasteiger charge is -2.14. The summed E-state index contributed by atoms with van der Waals surface area (Å²) < 4.78 is 7.79. The summed E-state index contributed by atoms with van der Waals surface area (Å²) in [6.45, 7) is 3.92. The van der Waals surface area contributed by atoms with Gasteiger partial charge in [0.15, 0.2) is 17.1 Å². The molecule has 1 N–H and O–H groups in total. The molecule has 152 valence electrons. The molecule has 0 aliphatic rings. The lowest BCUT2D eigenvalue weighted by atomic mass is 10.2. The Kier molecular flexibility index (Phi) is 7.05. The standard InChI is InChI=1S/C20H20Cl2N4O2S/c1-12-5-4-6-15(9-12)28-13(2)19-24-25-20(26(19)3)29-11-18(27)23-17-8-7-14(21)10-16(17)22/h4-10,13H,11H2,1-3H3,(H,23,27). The second kappa shape index (κ2) is 9.52. The number of ether oxygens (including phenoxy) is 1. The first-order valence-corrected chi connectivity index (χ1v) is 10.6. The van der Waals surface area contributed by atoms with Gasteiger partial charge in [0.25, 0.3) is 0 Å². The predicted molar refractivity (Wildman–Crippen MR) is 117 cm³/mol. The van der Waals surface area contributed by atoms with Crippen molar-refractivity contribution in [3.05, 3.63) is 63.9 Å². The molecule has 0 saturated carbocycles. The highest BCUT2D eigenvalue weighted by Gasteiger charge is 2.18. The van der Waals surface area contributed by atoms with Crippen molar-refractivity contribution in [3.8, 4) is 5.75 Å². The Morgan fingerprint density at radius 3 is 2.76 bits per heavy atom. The van der Waals surface area contributed by atoms with Crippen LogP contribution < -0.4 is 10.1 Å². The van der Waals surface area contributed by atoms with E-state index in [1.165, 1.54) is 11.8 Å². The van der Waals surface area contributed by atoms with Gasteiger partial charge in [0.2, 0.25) is 5.91 Å². The molecule has 9 heteroatoms. The average Bonchev–Trinajstić information content (AvgIpc) is 3.03. The Balaban J connectivity index is 1.59. The Labute approximate surface area is 183 Å². The van der Waals surface area contributed by atoms with E-state index in [1.807, 2.05) is 49.7 Å². The SMILES string of the molecule is Cc1cccc(OC(C)c2nnc(SCC(=O)Nc3ccc(Cl)cc3Cl)n2C)c1. The molecule has 29 heavy (non-hydrogen) atoms. The van der Waals surface area contributed by atoms with Crippen LogP contribution in [0.5, 0.6) is 5.75 Å². The lowest BCUT2D eigenvalue weighted by molar-refractivity contribution is -0.113. The fraction of sp³-hybridized carbons (Fsp3) is 0.250. The number of halogens is 2. The molecule has 6 nitrogen and oxygen atoms in total. The number of benzene rings is 2. The van der Waals surface area contributed by atoms with E-state index in [0.29, 0.717) is 26.7 Å². The normalized spacial score (nSPS) is 11.9. The molecule has 1 heterocycles. The number of aromatic nitrogens is 3. The van der Waals surface area contributed by atoms with Crippen LogP contribution >= 0.6 is 35.0 Å². The minimum Gasteiger partial charge on any atom is -0.483 e. The van der Waals surface area contributed by atoms with Crippen molar-refractivity contribution < 1.29 is 9.53 Å². The first-order valence-electron chi connectivity index (χ1n) is 8.84. The summed E-state index contributed by atoms with van der Waals surface area (Å²) in [4.78, 5) is 12.2. The van der Waals surface area contributed by atoms with E-state index in [4.69, 9.17) is 27.9 Å². The maximum absolute atomic E-state index is 12.2. The first-order chi connectivity index (χ1) is 13.8. The molecule has 1 aromatic heterocycles. The first kappa shape index (κ1) is 21.5. The number of nitrogens with one attached hydrogen (secondary N) is 1. The zero-order chi connectivity index (χ0) is 21.0. The summed E-state index contributed by atoms with van der Waals surface area (Å²) in [5, 5.41) is 12.7. The highest BCUT2D eigenvalue weighted by molar-refractivity contribution is 7.99. The largest absolute Gasteiger partial charge is 0.483 e. The van der Waals surface area contributed by atoms with Crippen LogP contribution in [-0.2, 0) is 11.8 Å². The third-order valence-electron chi connectivity index (χ3n) is 4.07. The molecule has 1 amide bonds. The van der Waals surface area contributed by atoms with Gasteiger partial charge in [-0.2, -0.15) is 0 Å². The number of nitrogens with zero attached hydrogens (tertiary/aromatic N) is 3. The summed E-state index contributed by atoms with van der Waals surface area (Å²) in [6.07, 6.45) is -0.287. The zero-order valence-electron chi connectivity index (χ0n) is 16.1. The molecule has 0 aliphatic heterocycles. The summed E-state index contributed by atoms with van der Waals surface area (Å²) >= 11 is 13.2. The van der Waals surface area contributed by atoms with Crippen LogP contribution in [-0.4, -0.2) is 26.4 Å². The van der Waals surface area contributed by atoms with Gasteiger partial charge in [-0.25, -0.2) is 0 Å². The molecule has 0 spiro atoms. The maximum atomic E-state index is 12.2. The third kappa shape index (κ3) is 5.65. The molecule has 0 aliphatic carbocycles. The number of rotatable bonds is 7. The number of thioether (sulfide) groups is 1. The van der Waals surface area contributed by atoms with Crippen LogP contribution in [0.2, 0.25) is 10.0 Å². The van der Waals surface area contributed by atoms with E-state index in [9.17, 15) is 4.79 Å². The van der Waals surface area contributed by atoms with Gasteiger partial charge in [-0.15, -0.1) is 10.2 Å². The van der Waals surface area contributed by atoms with E-state index in [-0.39, 0.29) is 17.8 Å². The van der Waals surface area contributed by atoms with Crippen molar-refractivity contribution in [1.29, 1.82) is 0 Å². The van der Waals surface area contributed by atoms with Crippen molar-refractivity contribution in [2.75, 3.05) is 11.1 Å². The molecule has 0 radical (unpaired) electrons. The molecule has 2 aromatic carbocycles. The Bertz CT molecular complexity index is 1030. The zero-order valence-corrected chi connectivity index (χ0v) is 18.5. The Morgan fingerprint density at radius 1 is 1.24 bits per heavy atom. The van der Waals surface area contributed by atoms with Crippen LogP contribution in [0.3, 0.4) is 0 Å². The molecular weight excluding hydrogens is 431 g/mol. The molecule has 0 saturated heterocycles. The van der Waals surface area contributed by atoms with Gasteiger partial charge in [-0.3, -0.25) is 4.79 Å². The molecule has 1 unspecified atom stereocenters. The molecular formula is C20H20Cl2N4O2S. The maximum Gasteiger partial charge on any atom is 0.234 e. The van der Waals surface area contributed by atoms with Crippen molar-refractivity contribution in [2.45, 2.75) is 25.1 Å². The van der Waals surface area contributed by atoms with E-state index in [0.717, 1.165) is 11.3 Å². The molecule has 0 bridgehead atoms. The summed E-state index contributed by atoms with van der Waals surface area (Å²) in [5.74, 6) is 1.41. The van der Waals surface area contributed by atoms with Crippen LogP contribution in [0.25, 0.3) is 0 Å². The number of hydrogen-bond donors (Lipinski definition) is 1. The predicted octanol–water partition coefficient (Wildman–Crippen LogP) is 5.30. The summed E-state index contributed by atoms with van der Waals surface area (Å²) in [6, 6.07) is 12.7. The second-order valence-corrected chi connectivity index (χ2v) is 8.22. The molecule has 1 atom stereocenters. The van der Waals surface area contributed by atoms with Crippen molar-refractivity contribution >= 4 is 46.6 Å². The van der Waals surface area contributed by atoms with Crippen molar-refractivity contribution in [3.63, 3.8) is 0 Å². The number of amides is 1. The monoisotopic (exact) mass is 450 g/mol. The van der Waals surface area contributed by atoms with Gasteiger partial charge >= 0.3 is 0 Å². The summed E-state index contributed by atoms with van der Waals surface area (Å²) in [7, 11) is 1.85. The van der Waals surface area contributed by atoms with Crippen LogP contribution in [0.4, 0.5) is 5.69 Å². The van der Waals surface area contributed by atoms with E-state index in [2.05, 4.69) is 15.5 Å². The third-order valence-corrected chi connectivity index (χ3v) is 5.64. The highest BCUT2D eigenvalue weighted by Crippen LogP contribution is 2.27. The number of carbonyl (C=O) groups excluding carboxylic acids is 1. The lowest BCUT2D eigenvalue weighted by Crippen LogP contribution is -2.15. The Hall–Kier alpha value is -2.22. The number of anilines is 1.